The Hall–Kier alpha value is -3.34. The topological polar surface area (TPSA) is 51.7 Å². The van der Waals surface area contributed by atoms with Gasteiger partial charge in [0.2, 0.25) is 0 Å². The van der Waals surface area contributed by atoms with Gasteiger partial charge in [-0.05, 0) is 35.9 Å². The zero-order valence-corrected chi connectivity index (χ0v) is 14.5. The quantitative estimate of drug-likeness (QED) is 0.653. The van der Waals surface area contributed by atoms with Crippen molar-refractivity contribution in [1.29, 1.82) is 0 Å². The Morgan fingerprint density at radius 1 is 0.962 bits per heavy atom. The van der Waals surface area contributed by atoms with Gasteiger partial charge in [-0.25, -0.2) is 0 Å². The number of ether oxygens (including phenoxy) is 2. The van der Waals surface area contributed by atoms with Gasteiger partial charge in [-0.1, -0.05) is 36.4 Å². The molecule has 0 N–H and O–H groups in total. The monoisotopic (exact) mass is 348 g/mol. The average Bonchev–Trinajstić information content (AvgIpc) is 2.72. The van der Waals surface area contributed by atoms with E-state index in [1.165, 1.54) is 0 Å². The highest BCUT2D eigenvalue weighted by molar-refractivity contribution is 5.94. The standard InChI is InChI=1S/C21H20N2O3/c1-25-19-11-5-6-12-20(19)26-16-21(24)23(18-9-3-2-4-10-18)15-17-8-7-13-22-14-17/h2-14H,15-16H2,1H3. The number of pyridine rings is 1. The number of methoxy groups -OCH3 is 1. The summed E-state index contributed by atoms with van der Waals surface area (Å²) in [6, 6.07) is 20.6. The summed E-state index contributed by atoms with van der Waals surface area (Å²) >= 11 is 0. The molecule has 0 unspecified atom stereocenters. The number of benzene rings is 2. The highest BCUT2D eigenvalue weighted by Gasteiger charge is 2.17. The van der Waals surface area contributed by atoms with Crippen LogP contribution in [0.1, 0.15) is 5.56 Å². The maximum absolute atomic E-state index is 12.9. The molecule has 0 aliphatic rings. The van der Waals surface area contributed by atoms with Crippen molar-refractivity contribution in [3.63, 3.8) is 0 Å². The number of anilines is 1. The number of hydrogen-bond acceptors (Lipinski definition) is 4. The highest BCUT2D eigenvalue weighted by atomic mass is 16.5. The van der Waals surface area contributed by atoms with Gasteiger partial charge in [0.05, 0.1) is 13.7 Å². The molecule has 0 spiro atoms. The van der Waals surface area contributed by atoms with Crippen molar-refractivity contribution in [3.05, 3.63) is 84.7 Å². The molecule has 0 aliphatic carbocycles. The zero-order valence-electron chi connectivity index (χ0n) is 14.5. The van der Waals surface area contributed by atoms with Crippen LogP contribution in [-0.2, 0) is 11.3 Å². The van der Waals surface area contributed by atoms with Crippen molar-refractivity contribution in [2.24, 2.45) is 0 Å². The summed E-state index contributed by atoms with van der Waals surface area (Å²) < 4.78 is 11.0. The Morgan fingerprint density at radius 3 is 2.38 bits per heavy atom. The Labute approximate surface area is 152 Å². The van der Waals surface area contributed by atoms with Crippen molar-refractivity contribution >= 4 is 11.6 Å². The minimum atomic E-state index is -0.147. The van der Waals surface area contributed by atoms with Crippen molar-refractivity contribution in [2.75, 3.05) is 18.6 Å². The number of rotatable bonds is 7. The third-order valence-electron chi connectivity index (χ3n) is 3.85. The minimum Gasteiger partial charge on any atom is -0.493 e. The molecular formula is C21H20N2O3. The summed E-state index contributed by atoms with van der Waals surface area (Å²) in [6.45, 7) is 0.335. The van der Waals surface area contributed by atoms with Crippen LogP contribution in [-0.4, -0.2) is 24.6 Å². The molecule has 0 radical (unpaired) electrons. The molecule has 0 saturated heterocycles. The third kappa shape index (κ3) is 4.39. The van der Waals surface area contributed by atoms with Crippen LogP contribution in [0.25, 0.3) is 0 Å². The van der Waals surface area contributed by atoms with Crippen molar-refractivity contribution in [2.45, 2.75) is 6.54 Å². The van der Waals surface area contributed by atoms with Crippen LogP contribution >= 0.6 is 0 Å². The smallest absolute Gasteiger partial charge is 0.265 e. The van der Waals surface area contributed by atoms with Gasteiger partial charge in [0.15, 0.2) is 18.1 Å². The molecule has 0 fully saturated rings. The Bertz CT molecular complexity index is 838. The molecule has 26 heavy (non-hydrogen) atoms. The van der Waals surface area contributed by atoms with Gasteiger partial charge in [-0.2, -0.15) is 0 Å². The van der Waals surface area contributed by atoms with E-state index in [-0.39, 0.29) is 12.5 Å². The highest BCUT2D eigenvalue weighted by Crippen LogP contribution is 2.26. The lowest BCUT2D eigenvalue weighted by Gasteiger charge is -2.23. The molecule has 3 rings (SSSR count). The van der Waals surface area contributed by atoms with Gasteiger partial charge < -0.3 is 14.4 Å². The van der Waals surface area contributed by atoms with Gasteiger partial charge in [0, 0.05) is 18.1 Å². The molecule has 0 saturated carbocycles. The van der Waals surface area contributed by atoms with Crippen molar-refractivity contribution < 1.29 is 14.3 Å². The van der Waals surface area contributed by atoms with E-state index in [1.807, 2.05) is 54.6 Å². The number of carbonyl (C=O) groups is 1. The lowest BCUT2D eigenvalue weighted by Crippen LogP contribution is -2.34. The molecule has 2 aromatic carbocycles. The summed E-state index contributed by atoms with van der Waals surface area (Å²) in [5.41, 5.74) is 1.76. The van der Waals surface area contributed by atoms with E-state index in [9.17, 15) is 4.79 Å². The van der Waals surface area contributed by atoms with E-state index >= 15 is 0 Å². The fraction of sp³-hybridized carbons (Fsp3) is 0.143. The fourth-order valence-electron chi connectivity index (χ4n) is 2.56. The molecule has 5 nitrogen and oxygen atoms in total. The first kappa shape index (κ1) is 17.5. The van der Waals surface area contributed by atoms with Crippen LogP contribution in [0.15, 0.2) is 79.1 Å². The van der Waals surface area contributed by atoms with Gasteiger partial charge in [-0.15, -0.1) is 0 Å². The van der Waals surface area contributed by atoms with Gasteiger partial charge >= 0.3 is 0 Å². The number of aromatic nitrogens is 1. The molecule has 0 aliphatic heterocycles. The average molecular weight is 348 g/mol. The first-order valence-electron chi connectivity index (χ1n) is 8.28. The van der Waals surface area contributed by atoms with E-state index in [2.05, 4.69) is 4.98 Å². The summed E-state index contributed by atoms with van der Waals surface area (Å²) in [5.74, 6) is 0.988. The normalized spacial score (nSPS) is 10.2. The summed E-state index contributed by atoms with van der Waals surface area (Å²) in [5, 5.41) is 0. The van der Waals surface area contributed by atoms with E-state index in [4.69, 9.17) is 9.47 Å². The molecule has 1 aromatic heterocycles. The predicted molar refractivity (Wildman–Crippen MR) is 100 cm³/mol. The first-order chi connectivity index (χ1) is 12.8. The number of hydrogen-bond donors (Lipinski definition) is 0. The van der Waals surface area contributed by atoms with Gasteiger partial charge in [-0.3, -0.25) is 9.78 Å². The van der Waals surface area contributed by atoms with Crippen LogP contribution in [0.2, 0.25) is 0 Å². The number of amides is 1. The molecule has 5 heteroatoms. The zero-order chi connectivity index (χ0) is 18.2. The van der Waals surface area contributed by atoms with Crippen LogP contribution in [0.3, 0.4) is 0 Å². The number of para-hydroxylation sites is 3. The van der Waals surface area contributed by atoms with E-state index in [1.54, 1.807) is 36.5 Å². The van der Waals surface area contributed by atoms with Crippen molar-refractivity contribution in [1.82, 2.24) is 4.98 Å². The van der Waals surface area contributed by atoms with Gasteiger partial charge in [0.25, 0.3) is 5.91 Å². The molecular weight excluding hydrogens is 328 g/mol. The SMILES string of the molecule is COc1ccccc1OCC(=O)N(Cc1cccnc1)c1ccccc1. The second-order valence-corrected chi connectivity index (χ2v) is 5.62. The van der Waals surface area contributed by atoms with E-state index in [0.29, 0.717) is 18.0 Å². The minimum absolute atomic E-state index is 0.0878. The predicted octanol–water partition coefficient (Wildman–Crippen LogP) is 3.70. The summed E-state index contributed by atoms with van der Waals surface area (Å²) in [7, 11) is 1.57. The van der Waals surface area contributed by atoms with Crippen LogP contribution in [0, 0.1) is 0 Å². The number of nitrogens with zero attached hydrogens (tertiary/aromatic N) is 2. The van der Waals surface area contributed by atoms with Crippen molar-refractivity contribution in [3.8, 4) is 11.5 Å². The Morgan fingerprint density at radius 2 is 1.69 bits per heavy atom. The first-order valence-corrected chi connectivity index (χ1v) is 8.28. The molecule has 3 aromatic rings. The second-order valence-electron chi connectivity index (χ2n) is 5.62. The summed E-state index contributed by atoms with van der Waals surface area (Å²) in [6.07, 6.45) is 3.47. The van der Waals surface area contributed by atoms with Gasteiger partial charge in [0.1, 0.15) is 0 Å². The molecule has 0 bridgehead atoms. The third-order valence-corrected chi connectivity index (χ3v) is 3.85. The lowest BCUT2D eigenvalue weighted by atomic mass is 10.2. The van der Waals surface area contributed by atoms with Crippen LogP contribution in [0.4, 0.5) is 5.69 Å². The largest absolute Gasteiger partial charge is 0.493 e. The maximum Gasteiger partial charge on any atom is 0.265 e. The molecule has 1 amide bonds. The molecule has 1 heterocycles. The summed E-state index contributed by atoms with van der Waals surface area (Å²) in [4.78, 5) is 18.7. The van der Waals surface area contributed by atoms with E-state index in [0.717, 1.165) is 11.3 Å². The van der Waals surface area contributed by atoms with E-state index < -0.39 is 0 Å². The second kappa shape index (κ2) is 8.67. The molecule has 0 atom stereocenters. The number of carbonyl (C=O) groups excluding carboxylic acids is 1. The Balaban J connectivity index is 1.76. The molecule has 132 valence electrons. The van der Waals surface area contributed by atoms with Crippen LogP contribution in [0.5, 0.6) is 11.5 Å². The fourth-order valence-corrected chi connectivity index (χ4v) is 2.56. The Kier molecular flexibility index (Phi) is 5.83. The maximum atomic E-state index is 12.9. The lowest BCUT2D eigenvalue weighted by molar-refractivity contribution is -0.120. The van der Waals surface area contributed by atoms with Crippen LogP contribution < -0.4 is 14.4 Å².